The topological polar surface area (TPSA) is 43.4 Å². The molecule has 0 saturated carbocycles. The molecule has 15 heavy (non-hydrogen) atoms. The van der Waals surface area contributed by atoms with Gasteiger partial charge in [0.25, 0.3) is 5.97 Å². The number of carbonyl (C=O) groups is 2. The second-order valence-electron chi connectivity index (χ2n) is 2.63. The summed E-state index contributed by atoms with van der Waals surface area (Å²) in [6, 6.07) is 8.59. The van der Waals surface area contributed by atoms with E-state index in [0.29, 0.717) is 5.56 Å². The van der Waals surface area contributed by atoms with E-state index in [-0.39, 0.29) is 39.7 Å². The van der Waals surface area contributed by atoms with E-state index in [1.165, 1.54) is 0 Å². The van der Waals surface area contributed by atoms with Crippen LogP contribution in [0.25, 0.3) is 0 Å². The van der Waals surface area contributed by atoms with Gasteiger partial charge in [-0.2, -0.15) is 0 Å². The minimum Gasteiger partial charge on any atom is -0.476 e. The molecule has 3 nitrogen and oxygen atoms in total. The fourth-order valence-electron chi connectivity index (χ4n) is 0.977. The van der Waals surface area contributed by atoms with Crippen molar-refractivity contribution in [2.45, 2.75) is 6.92 Å². The molecule has 0 amide bonds. The predicted octanol–water partition coefficient (Wildman–Crippen LogP) is 1.26. The van der Waals surface area contributed by atoms with Gasteiger partial charge in [-0.25, -0.2) is 0 Å². The SMILES string of the molecule is CCOC(=O)[CH-]C(=O)c1ccccc1.[Tl+]. The van der Waals surface area contributed by atoms with E-state index in [0.717, 1.165) is 6.42 Å². The number of benzene rings is 1. The van der Waals surface area contributed by atoms with Crippen molar-refractivity contribution in [2.24, 2.45) is 0 Å². The molecule has 1 aromatic rings. The molecular weight excluding hydrogens is 385 g/mol. The third-order valence-electron chi connectivity index (χ3n) is 1.59. The minimum absolute atomic E-state index is 0. The Bertz CT molecular complexity index is 322. The van der Waals surface area contributed by atoms with E-state index in [1.807, 2.05) is 0 Å². The van der Waals surface area contributed by atoms with Gasteiger partial charge >= 0.3 is 27.3 Å². The maximum atomic E-state index is 11.4. The molecule has 0 heterocycles. The molecule has 4 heteroatoms. The summed E-state index contributed by atoms with van der Waals surface area (Å²) in [5.41, 5.74) is 0.487. The van der Waals surface area contributed by atoms with Crippen molar-refractivity contribution in [3.63, 3.8) is 0 Å². The summed E-state index contributed by atoms with van der Waals surface area (Å²) in [5, 5.41) is 0. The fraction of sp³-hybridized carbons (Fsp3) is 0.182. The van der Waals surface area contributed by atoms with Crippen molar-refractivity contribution in [2.75, 3.05) is 6.61 Å². The third kappa shape index (κ3) is 4.96. The molecular formula is C11H11O3Tl. The van der Waals surface area contributed by atoms with Gasteiger partial charge in [-0.15, -0.1) is 17.7 Å². The van der Waals surface area contributed by atoms with E-state index in [4.69, 9.17) is 0 Å². The van der Waals surface area contributed by atoms with Crippen LogP contribution in [0.5, 0.6) is 0 Å². The summed E-state index contributed by atoms with van der Waals surface area (Å²) >= 11 is 0. The number of hydrogen-bond donors (Lipinski definition) is 0. The third-order valence-corrected chi connectivity index (χ3v) is 1.59. The number of ether oxygens (including phenoxy) is 1. The molecule has 76 valence electrons. The first-order valence-electron chi connectivity index (χ1n) is 4.35. The molecule has 0 atom stereocenters. The molecule has 0 bridgehead atoms. The minimum atomic E-state index is -0.596. The summed E-state index contributed by atoms with van der Waals surface area (Å²) in [6.45, 7) is 1.97. The smallest absolute Gasteiger partial charge is 0.476 e. The van der Waals surface area contributed by atoms with Gasteiger partial charge in [0.1, 0.15) is 0 Å². The molecule has 0 unspecified atom stereocenters. The van der Waals surface area contributed by atoms with Crippen LogP contribution in [0.2, 0.25) is 0 Å². The van der Waals surface area contributed by atoms with Gasteiger partial charge in [-0.05, 0) is 6.92 Å². The van der Waals surface area contributed by atoms with E-state index in [9.17, 15) is 9.59 Å². The first kappa shape index (κ1) is 14.2. The van der Waals surface area contributed by atoms with Crippen molar-refractivity contribution in [3.05, 3.63) is 42.3 Å². The molecule has 0 aliphatic carbocycles. The van der Waals surface area contributed by atoms with Gasteiger partial charge in [-0.3, -0.25) is 4.79 Å². The van der Waals surface area contributed by atoms with E-state index in [1.54, 1.807) is 37.3 Å². The van der Waals surface area contributed by atoms with Gasteiger partial charge in [0.2, 0.25) is 0 Å². The fourth-order valence-corrected chi connectivity index (χ4v) is 0.977. The van der Waals surface area contributed by atoms with E-state index < -0.39 is 5.97 Å². The van der Waals surface area contributed by atoms with Crippen LogP contribution in [0, 0.1) is 6.42 Å². The van der Waals surface area contributed by atoms with Gasteiger partial charge in [0, 0.05) is 5.78 Å². The largest absolute Gasteiger partial charge is 1.00 e. The monoisotopic (exact) mass is 396 g/mol. The normalized spacial score (nSPS) is 8.60. The molecule has 0 saturated heterocycles. The Kier molecular flexibility index (Phi) is 7.02. The summed E-state index contributed by atoms with van der Waals surface area (Å²) < 4.78 is 4.62. The van der Waals surface area contributed by atoms with Crippen LogP contribution in [-0.4, -0.2) is 45.7 Å². The molecule has 0 aromatic heterocycles. The Morgan fingerprint density at radius 3 is 2.40 bits per heavy atom. The molecule has 0 fully saturated rings. The standard InChI is InChI=1S/C11H11O3.Tl/c1-2-14-11(13)8-10(12)9-6-4-3-5-7-9;/h3-8H,2H2,1H3;/q-1;+1. The summed E-state index contributed by atoms with van der Waals surface area (Å²) in [4.78, 5) is 22.3. The summed E-state index contributed by atoms with van der Waals surface area (Å²) in [7, 11) is 0. The maximum absolute atomic E-state index is 11.4. The molecule has 0 spiro atoms. The average Bonchev–Trinajstić information content (AvgIpc) is 2.19. The molecule has 0 aliphatic heterocycles. The Balaban J connectivity index is 0.00000196. The zero-order valence-corrected chi connectivity index (χ0v) is 13.0. The zero-order chi connectivity index (χ0) is 10.4. The van der Waals surface area contributed by atoms with Crippen molar-refractivity contribution in [1.29, 1.82) is 0 Å². The first-order valence-corrected chi connectivity index (χ1v) is 4.35. The average molecular weight is 396 g/mol. The van der Waals surface area contributed by atoms with Crippen LogP contribution in [0.3, 0.4) is 0 Å². The first-order chi connectivity index (χ1) is 6.74. The second-order valence-corrected chi connectivity index (χ2v) is 2.63. The van der Waals surface area contributed by atoms with Crippen LogP contribution in [-0.2, 0) is 9.53 Å². The van der Waals surface area contributed by atoms with Gasteiger partial charge < -0.3 is 9.53 Å². The Morgan fingerprint density at radius 2 is 1.87 bits per heavy atom. The van der Waals surface area contributed by atoms with Crippen LogP contribution in [0.15, 0.2) is 30.3 Å². The molecule has 1 rings (SSSR count). The van der Waals surface area contributed by atoms with E-state index >= 15 is 0 Å². The van der Waals surface area contributed by atoms with Crippen molar-refractivity contribution < 1.29 is 14.3 Å². The number of hydrogen-bond acceptors (Lipinski definition) is 3. The molecule has 0 aliphatic rings. The van der Waals surface area contributed by atoms with Crippen molar-refractivity contribution in [1.82, 2.24) is 0 Å². The van der Waals surface area contributed by atoms with Crippen LogP contribution in [0.4, 0.5) is 0 Å². The number of ketones is 1. The zero-order valence-electron chi connectivity index (χ0n) is 8.47. The molecule has 1 aromatic carbocycles. The number of esters is 1. The Morgan fingerprint density at radius 1 is 1.27 bits per heavy atom. The Labute approximate surface area is 109 Å². The maximum Gasteiger partial charge on any atom is 1.00 e. The Hall–Kier alpha value is -0.848. The summed E-state index contributed by atoms with van der Waals surface area (Å²) in [5.74, 6) is -0.926. The van der Waals surface area contributed by atoms with E-state index in [2.05, 4.69) is 4.74 Å². The van der Waals surface area contributed by atoms with Gasteiger partial charge in [0.05, 0.1) is 6.61 Å². The van der Waals surface area contributed by atoms with Crippen LogP contribution < -0.4 is 0 Å². The molecule has 0 radical (unpaired) electrons. The van der Waals surface area contributed by atoms with Crippen LogP contribution >= 0.6 is 0 Å². The van der Waals surface area contributed by atoms with Crippen molar-refractivity contribution in [3.8, 4) is 0 Å². The number of Topliss-reactive ketones (excluding diaryl/α,β-unsaturated/α-hetero) is 1. The van der Waals surface area contributed by atoms with Crippen LogP contribution in [0.1, 0.15) is 17.3 Å². The van der Waals surface area contributed by atoms with Gasteiger partial charge in [0.15, 0.2) is 0 Å². The predicted molar refractivity (Wildman–Crippen MR) is 57.5 cm³/mol. The van der Waals surface area contributed by atoms with Gasteiger partial charge in [-0.1, -0.05) is 24.6 Å². The second kappa shape index (κ2) is 7.44. The number of carbonyl (C=O) groups excluding carboxylic acids is 2. The quantitative estimate of drug-likeness (QED) is 0.253. The summed E-state index contributed by atoms with van der Waals surface area (Å²) in [6.07, 6.45) is 0.957. The molecule has 0 N–H and O–H groups in total. The number of rotatable bonds is 4. The van der Waals surface area contributed by atoms with Crippen molar-refractivity contribution >= 4 is 39.1 Å².